The Morgan fingerprint density at radius 1 is 1.26 bits per heavy atom. The quantitative estimate of drug-likeness (QED) is 0.850. The summed E-state index contributed by atoms with van der Waals surface area (Å²) >= 11 is 0. The van der Waals surface area contributed by atoms with Gasteiger partial charge in [0, 0.05) is 26.7 Å². The zero-order valence-electron chi connectivity index (χ0n) is 11.4. The molecule has 2 rings (SSSR count). The molecule has 6 heteroatoms. The predicted molar refractivity (Wildman–Crippen MR) is 72.5 cm³/mol. The van der Waals surface area contributed by atoms with Crippen molar-refractivity contribution < 1.29 is 12.8 Å². The SMILES string of the molecule is C[C@H]1C[C@@H](c2ccc(F)cc2)CN1S(=O)(=O)N(C)C. The van der Waals surface area contributed by atoms with E-state index in [1.165, 1.54) is 34.8 Å². The highest BCUT2D eigenvalue weighted by Crippen LogP contribution is 2.33. The summed E-state index contributed by atoms with van der Waals surface area (Å²) in [7, 11) is -0.312. The Balaban J connectivity index is 2.20. The van der Waals surface area contributed by atoms with Crippen LogP contribution in [0.3, 0.4) is 0 Å². The molecule has 1 saturated heterocycles. The first-order valence-electron chi connectivity index (χ1n) is 6.27. The maximum absolute atomic E-state index is 12.9. The standard InChI is InChI=1S/C13H19FN2O2S/c1-10-8-12(11-4-6-13(14)7-5-11)9-16(10)19(17,18)15(2)3/h4-7,10,12H,8-9H2,1-3H3/t10-,12+/m0/s1. The molecular formula is C13H19FN2O2S. The highest BCUT2D eigenvalue weighted by Gasteiger charge is 2.38. The summed E-state index contributed by atoms with van der Waals surface area (Å²) in [6.45, 7) is 2.36. The molecule has 0 N–H and O–H groups in total. The molecule has 0 amide bonds. The van der Waals surface area contributed by atoms with Crippen LogP contribution in [0.5, 0.6) is 0 Å². The van der Waals surface area contributed by atoms with Crippen LogP contribution in [-0.4, -0.2) is 43.7 Å². The second kappa shape index (κ2) is 5.19. The van der Waals surface area contributed by atoms with Crippen molar-refractivity contribution in [2.45, 2.75) is 25.3 Å². The molecule has 1 fully saturated rings. The van der Waals surface area contributed by atoms with E-state index in [1.807, 2.05) is 6.92 Å². The highest BCUT2D eigenvalue weighted by molar-refractivity contribution is 7.86. The average molecular weight is 286 g/mol. The molecule has 0 aromatic heterocycles. The van der Waals surface area contributed by atoms with Crippen molar-refractivity contribution in [3.63, 3.8) is 0 Å². The molecule has 0 spiro atoms. The Morgan fingerprint density at radius 3 is 2.37 bits per heavy atom. The fourth-order valence-corrected chi connectivity index (χ4v) is 3.84. The molecule has 19 heavy (non-hydrogen) atoms. The van der Waals surface area contributed by atoms with Gasteiger partial charge in [-0.2, -0.15) is 17.0 Å². The first-order chi connectivity index (χ1) is 8.82. The van der Waals surface area contributed by atoms with E-state index in [1.54, 1.807) is 12.1 Å². The molecule has 106 valence electrons. The van der Waals surface area contributed by atoms with Gasteiger partial charge in [0.05, 0.1) is 0 Å². The monoisotopic (exact) mass is 286 g/mol. The van der Waals surface area contributed by atoms with Crippen LogP contribution in [0, 0.1) is 5.82 Å². The predicted octanol–water partition coefficient (Wildman–Crippen LogP) is 1.81. The number of hydrogen-bond donors (Lipinski definition) is 0. The summed E-state index contributed by atoms with van der Waals surface area (Å²) < 4.78 is 40.0. The van der Waals surface area contributed by atoms with E-state index in [0.29, 0.717) is 6.54 Å². The molecule has 0 saturated carbocycles. The Bertz CT molecular complexity index is 542. The van der Waals surface area contributed by atoms with Crippen LogP contribution in [0.15, 0.2) is 24.3 Å². The lowest BCUT2D eigenvalue weighted by molar-refractivity contribution is 0.371. The van der Waals surface area contributed by atoms with Gasteiger partial charge >= 0.3 is 0 Å². The van der Waals surface area contributed by atoms with Crippen LogP contribution >= 0.6 is 0 Å². The number of halogens is 1. The van der Waals surface area contributed by atoms with Crippen LogP contribution in [0.2, 0.25) is 0 Å². The third-order valence-electron chi connectivity index (χ3n) is 3.62. The fraction of sp³-hybridized carbons (Fsp3) is 0.538. The minimum atomic E-state index is -3.38. The van der Waals surface area contributed by atoms with Crippen molar-refractivity contribution in [3.05, 3.63) is 35.6 Å². The third-order valence-corrected chi connectivity index (χ3v) is 5.64. The minimum Gasteiger partial charge on any atom is -0.207 e. The van der Waals surface area contributed by atoms with E-state index in [9.17, 15) is 12.8 Å². The van der Waals surface area contributed by atoms with Crippen molar-refractivity contribution in [1.82, 2.24) is 8.61 Å². The van der Waals surface area contributed by atoms with Crippen LogP contribution in [0.25, 0.3) is 0 Å². The second-order valence-corrected chi connectivity index (χ2v) is 7.29. The van der Waals surface area contributed by atoms with Gasteiger partial charge in [-0.05, 0) is 37.0 Å². The molecule has 0 unspecified atom stereocenters. The van der Waals surface area contributed by atoms with Crippen LogP contribution in [-0.2, 0) is 10.2 Å². The minimum absolute atomic E-state index is 0.0394. The molecule has 1 aliphatic heterocycles. The largest absolute Gasteiger partial charge is 0.281 e. The normalized spacial score (nSPS) is 25.1. The third kappa shape index (κ3) is 2.80. The van der Waals surface area contributed by atoms with E-state index in [-0.39, 0.29) is 17.8 Å². The number of rotatable bonds is 3. The highest BCUT2D eigenvalue weighted by atomic mass is 32.2. The van der Waals surface area contributed by atoms with Gasteiger partial charge in [0.2, 0.25) is 0 Å². The number of nitrogens with zero attached hydrogens (tertiary/aromatic N) is 2. The van der Waals surface area contributed by atoms with Crippen molar-refractivity contribution in [3.8, 4) is 0 Å². The van der Waals surface area contributed by atoms with Crippen LogP contribution in [0.4, 0.5) is 4.39 Å². The Kier molecular flexibility index (Phi) is 3.94. The molecule has 4 nitrogen and oxygen atoms in total. The van der Waals surface area contributed by atoms with Gasteiger partial charge < -0.3 is 0 Å². The first-order valence-corrected chi connectivity index (χ1v) is 7.67. The summed E-state index contributed by atoms with van der Waals surface area (Å²) in [6.07, 6.45) is 0.763. The molecule has 1 heterocycles. The average Bonchev–Trinajstić information content (AvgIpc) is 2.72. The van der Waals surface area contributed by atoms with Crippen LogP contribution in [0.1, 0.15) is 24.8 Å². The van der Waals surface area contributed by atoms with Gasteiger partial charge in [-0.15, -0.1) is 0 Å². The second-order valence-electron chi connectivity index (χ2n) is 5.19. The summed E-state index contributed by atoms with van der Waals surface area (Å²) in [5.41, 5.74) is 0.990. The van der Waals surface area contributed by atoms with Crippen LogP contribution < -0.4 is 0 Å². The molecule has 1 aromatic rings. The van der Waals surface area contributed by atoms with Crippen molar-refractivity contribution in [1.29, 1.82) is 0 Å². The summed E-state index contributed by atoms with van der Waals surface area (Å²) in [4.78, 5) is 0. The Morgan fingerprint density at radius 2 is 1.84 bits per heavy atom. The van der Waals surface area contributed by atoms with E-state index >= 15 is 0 Å². The maximum Gasteiger partial charge on any atom is 0.281 e. The number of hydrogen-bond acceptors (Lipinski definition) is 2. The lowest BCUT2D eigenvalue weighted by atomic mass is 9.97. The number of benzene rings is 1. The molecule has 2 atom stereocenters. The fourth-order valence-electron chi connectivity index (χ4n) is 2.51. The van der Waals surface area contributed by atoms with Crippen molar-refractivity contribution in [2.75, 3.05) is 20.6 Å². The summed E-state index contributed by atoms with van der Waals surface area (Å²) in [5, 5.41) is 0. The van der Waals surface area contributed by atoms with Gasteiger partial charge in [0.25, 0.3) is 10.2 Å². The molecule has 1 aromatic carbocycles. The lowest BCUT2D eigenvalue weighted by Gasteiger charge is -2.24. The van der Waals surface area contributed by atoms with Gasteiger partial charge in [-0.3, -0.25) is 0 Å². The molecule has 0 aliphatic carbocycles. The molecule has 0 radical (unpaired) electrons. The molecular weight excluding hydrogens is 267 g/mol. The van der Waals surface area contributed by atoms with E-state index in [2.05, 4.69) is 0 Å². The Labute approximate surface area is 114 Å². The summed E-state index contributed by atoms with van der Waals surface area (Å²) in [6, 6.07) is 6.27. The molecule has 0 bridgehead atoms. The Hall–Kier alpha value is -0.980. The zero-order chi connectivity index (χ0) is 14.2. The van der Waals surface area contributed by atoms with Crippen molar-refractivity contribution >= 4 is 10.2 Å². The topological polar surface area (TPSA) is 40.6 Å². The van der Waals surface area contributed by atoms with Gasteiger partial charge in [-0.25, -0.2) is 4.39 Å². The van der Waals surface area contributed by atoms with Gasteiger partial charge in [-0.1, -0.05) is 12.1 Å². The van der Waals surface area contributed by atoms with E-state index in [4.69, 9.17) is 0 Å². The van der Waals surface area contributed by atoms with Crippen molar-refractivity contribution in [2.24, 2.45) is 0 Å². The smallest absolute Gasteiger partial charge is 0.207 e. The maximum atomic E-state index is 12.9. The lowest BCUT2D eigenvalue weighted by Crippen LogP contribution is -2.41. The van der Waals surface area contributed by atoms with Gasteiger partial charge in [0.15, 0.2) is 0 Å². The summed E-state index contributed by atoms with van der Waals surface area (Å²) in [5.74, 6) is -0.141. The zero-order valence-corrected chi connectivity index (χ0v) is 12.2. The van der Waals surface area contributed by atoms with Gasteiger partial charge in [0.1, 0.15) is 5.82 Å². The van der Waals surface area contributed by atoms with E-state index in [0.717, 1.165) is 12.0 Å². The first kappa shape index (κ1) is 14.4. The molecule has 1 aliphatic rings. The van der Waals surface area contributed by atoms with E-state index < -0.39 is 10.2 Å².